The molecule has 2 aromatic rings. The molecule has 0 saturated heterocycles. The summed E-state index contributed by atoms with van der Waals surface area (Å²) in [7, 11) is 11.5. The molecule has 4 aliphatic rings. The van der Waals surface area contributed by atoms with Crippen molar-refractivity contribution in [3.8, 4) is 0 Å². The summed E-state index contributed by atoms with van der Waals surface area (Å²) in [5.41, 5.74) is 5.67. The maximum absolute atomic E-state index is 5.74. The molecular weight excluding hydrogens is 673 g/mol. The molecule has 0 bridgehead atoms. The van der Waals surface area contributed by atoms with Crippen molar-refractivity contribution < 1.29 is 67.4 Å². The predicted molar refractivity (Wildman–Crippen MR) is 138 cm³/mol. The molecule has 4 aliphatic carbocycles. The zero-order valence-corrected chi connectivity index (χ0v) is 27.4. The molecule has 35 heavy (non-hydrogen) atoms. The standard InChI is InChI=1S/C18H14.2C5H5.CH3.4ClH.2Zr/c1-3-7-15-13(5-1)9-11-17(15)18-12-10-14-6-2-4-8-16(14)18;2*1-2-4-5-3-1;;;;;;;/h1-12,17-18H;2*1-3H,4H2;1H3;4*1H;;/q;;;;;;;;2*+2/p-4. The number of rotatable bonds is 3. The first-order valence-electron chi connectivity index (χ1n) is 11.3. The van der Waals surface area contributed by atoms with Crippen LogP contribution in [-0.4, -0.2) is 0 Å². The van der Waals surface area contributed by atoms with Crippen LogP contribution in [0, 0.1) is 0 Å². The number of halogens is 4. The maximum atomic E-state index is 5.74. The van der Waals surface area contributed by atoms with Crippen LogP contribution in [0.3, 0.4) is 0 Å². The fraction of sp³-hybridized carbons (Fsp3) is 0.172. The van der Waals surface area contributed by atoms with E-state index < -0.39 is 19.4 Å². The molecular formula is C29H27Cl4Zr2. The van der Waals surface area contributed by atoms with Gasteiger partial charge < -0.3 is 24.8 Å². The van der Waals surface area contributed by atoms with Crippen LogP contribution in [0.4, 0.5) is 0 Å². The minimum absolute atomic E-state index is 0. The zero-order chi connectivity index (χ0) is 23.0. The van der Waals surface area contributed by atoms with E-state index in [4.69, 9.17) is 17.0 Å². The summed E-state index contributed by atoms with van der Waals surface area (Å²) in [4.78, 5) is 0. The van der Waals surface area contributed by atoms with E-state index in [0.29, 0.717) is 11.8 Å². The van der Waals surface area contributed by atoms with E-state index in [1.165, 1.54) is 32.0 Å². The molecule has 0 radical (unpaired) electrons. The van der Waals surface area contributed by atoms with Crippen LogP contribution in [0.15, 0.2) is 104 Å². The molecule has 0 aromatic heterocycles. The summed E-state index contributed by atoms with van der Waals surface area (Å²) in [5, 5.41) is 0. The second kappa shape index (κ2) is 15.9. The third-order valence-electron chi connectivity index (χ3n) is 6.17. The van der Waals surface area contributed by atoms with Gasteiger partial charge in [-0.25, -0.2) is 0 Å². The van der Waals surface area contributed by atoms with Crippen LogP contribution in [0.2, 0.25) is 4.63 Å². The van der Waals surface area contributed by atoms with Gasteiger partial charge in [0.05, 0.1) is 0 Å². The van der Waals surface area contributed by atoms with Gasteiger partial charge in [0.1, 0.15) is 0 Å². The van der Waals surface area contributed by atoms with Crippen LogP contribution in [0.5, 0.6) is 0 Å². The fourth-order valence-electron chi connectivity index (χ4n) is 4.40. The Balaban J connectivity index is 0.000000214. The third kappa shape index (κ3) is 8.40. The van der Waals surface area contributed by atoms with Crippen molar-refractivity contribution in [3.05, 3.63) is 126 Å². The van der Waals surface area contributed by atoms with Crippen molar-refractivity contribution in [3.63, 3.8) is 0 Å². The van der Waals surface area contributed by atoms with Gasteiger partial charge in [-0.15, -0.1) is 0 Å². The van der Waals surface area contributed by atoms with Crippen molar-refractivity contribution in [2.45, 2.75) is 29.3 Å². The molecule has 0 spiro atoms. The molecule has 2 aromatic carbocycles. The van der Waals surface area contributed by atoms with E-state index in [0.717, 1.165) is 6.42 Å². The van der Waals surface area contributed by atoms with Gasteiger partial charge in [0.25, 0.3) is 0 Å². The average Bonchev–Trinajstić information content (AvgIpc) is 3.65. The van der Waals surface area contributed by atoms with Gasteiger partial charge >= 0.3 is 120 Å². The summed E-state index contributed by atoms with van der Waals surface area (Å²) in [6.07, 6.45) is 24.3. The molecule has 0 saturated carbocycles. The summed E-state index contributed by atoms with van der Waals surface area (Å²) < 4.78 is 5.38. The van der Waals surface area contributed by atoms with E-state index in [-0.39, 0.29) is 48.0 Å². The van der Waals surface area contributed by atoms with Gasteiger partial charge in [-0.3, -0.25) is 0 Å². The van der Waals surface area contributed by atoms with Gasteiger partial charge in [0.15, 0.2) is 0 Å². The molecule has 0 nitrogen and oxygen atoms in total. The fourth-order valence-corrected chi connectivity index (χ4v) is 8.71. The summed E-state index contributed by atoms with van der Waals surface area (Å²) >= 11 is -2.01. The average molecular weight is 700 g/mol. The third-order valence-corrected chi connectivity index (χ3v) is 13.6. The molecule has 6 heteroatoms. The number of allylic oxidation sites excluding steroid dienone is 10. The molecule has 2 atom stereocenters. The first kappa shape index (κ1) is 31.0. The van der Waals surface area contributed by atoms with Crippen molar-refractivity contribution in [1.29, 1.82) is 0 Å². The van der Waals surface area contributed by atoms with Crippen LogP contribution >= 0.6 is 17.0 Å². The predicted octanol–water partition coefficient (Wildman–Crippen LogP) is 3.33. The Morgan fingerprint density at radius 1 is 0.743 bits per heavy atom. The van der Waals surface area contributed by atoms with E-state index in [9.17, 15) is 0 Å². The van der Waals surface area contributed by atoms with Crippen LogP contribution in [0.25, 0.3) is 12.2 Å². The summed E-state index contributed by atoms with van der Waals surface area (Å²) in [6, 6.07) is 17.4. The molecule has 0 fully saturated rings. The molecule has 0 aliphatic heterocycles. The quantitative estimate of drug-likeness (QED) is 0.462. The topological polar surface area (TPSA) is 0 Å². The van der Waals surface area contributed by atoms with Crippen LogP contribution in [-0.2, 0) is 42.6 Å². The Labute approximate surface area is 249 Å². The summed E-state index contributed by atoms with van der Waals surface area (Å²) in [5.74, 6) is 1.00. The molecule has 0 N–H and O–H groups in total. The van der Waals surface area contributed by atoms with E-state index in [1.54, 1.807) is 3.28 Å². The Bertz CT molecular complexity index is 1100. The SMILES string of the molecule is C1=CC(C2C=Cc3ccccc32)c2ccccc21.[CH3][Zr+2][C]1=CC=CC1.[Cl-].[Cl-].[Cl][Zr]([Cl])[C]1=CC=CC1. The van der Waals surface area contributed by atoms with E-state index in [2.05, 4.69) is 102 Å². The molecule has 0 amide bonds. The number of fused-ring (bicyclic) bond motifs is 2. The summed E-state index contributed by atoms with van der Waals surface area (Å²) in [6.45, 7) is 0. The monoisotopic (exact) mass is 695 g/mol. The van der Waals surface area contributed by atoms with Crippen LogP contribution < -0.4 is 24.8 Å². The number of hydrogen-bond donors (Lipinski definition) is 0. The molecule has 2 unspecified atom stereocenters. The van der Waals surface area contributed by atoms with E-state index in [1.807, 2.05) is 12.2 Å². The van der Waals surface area contributed by atoms with Gasteiger partial charge in [0, 0.05) is 11.8 Å². The van der Waals surface area contributed by atoms with Crippen LogP contribution in [0.1, 0.15) is 46.9 Å². The Morgan fingerprint density at radius 2 is 1.26 bits per heavy atom. The normalized spacial score (nSPS) is 18.9. The number of benzene rings is 2. The van der Waals surface area contributed by atoms with Crippen molar-refractivity contribution in [1.82, 2.24) is 0 Å². The van der Waals surface area contributed by atoms with Gasteiger partial charge in [-0.05, 0) is 22.3 Å². The molecule has 0 heterocycles. The minimum atomic E-state index is -1.96. The molecule has 179 valence electrons. The number of hydrogen-bond acceptors (Lipinski definition) is 0. The second-order valence-electron chi connectivity index (χ2n) is 8.19. The van der Waals surface area contributed by atoms with Gasteiger partial charge in [-0.1, -0.05) is 72.8 Å². The van der Waals surface area contributed by atoms with Gasteiger partial charge in [-0.2, -0.15) is 0 Å². The van der Waals surface area contributed by atoms with Crippen molar-refractivity contribution >= 4 is 29.2 Å². The Hall–Kier alpha value is -0.194. The first-order valence-corrected chi connectivity index (χ1v) is 22.5. The first-order chi connectivity index (χ1) is 16.2. The van der Waals surface area contributed by atoms with Crippen molar-refractivity contribution in [2.75, 3.05) is 0 Å². The van der Waals surface area contributed by atoms with Crippen molar-refractivity contribution in [2.24, 2.45) is 0 Å². The van der Waals surface area contributed by atoms with E-state index >= 15 is 0 Å². The zero-order valence-electron chi connectivity index (χ0n) is 19.5. The Kier molecular flexibility index (Phi) is 14.1. The molecule has 6 rings (SSSR count). The van der Waals surface area contributed by atoms with Gasteiger partial charge in [0.2, 0.25) is 0 Å². The second-order valence-corrected chi connectivity index (χ2v) is 19.5. The Morgan fingerprint density at radius 3 is 1.63 bits per heavy atom.